The summed E-state index contributed by atoms with van der Waals surface area (Å²) in [6.07, 6.45) is 0. The van der Waals surface area contributed by atoms with E-state index in [1.165, 1.54) is 30.3 Å². The maximum atomic E-state index is 13.0. The molecule has 0 bridgehead atoms. The number of carbonyl (C=O) groups is 1. The lowest BCUT2D eigenvalue weighted by Gasteiger charge is -2.08. The number of rotatable bonds is 2. The Balaban J connectivity index is 2.25. The molecule has 2 aromatic carbocycles. The van der Waals surface area contributed by atoms with E-state index in [1.807, 2.05) is 0 Å². The lowest BCUT2D eigenvalue weighted by Crippen LogP contribution is -2.14. The number of anilines is 2. The zero-order valence-electron chi connectivity index (χ0n) is 9.58. The molecule has 3 nitrogen and oxygen atoms in total. The monoisotopic (exact) mass is 298 g/mol. The predicted octanol–water partition coefficient (Wildman–Crippen LogP) is 3.97. The van der Waals surface area contributed by atoms with Crippen molar-refractivity contribution in [2.75, 3.05) is 11.1 Å². The molecule has 0 saturated heterocycles. The van der Waals surface area contributed by atoms with E-state index < -0.39 is 11.7 Å². The first-order valence-corrected chi connectivity index (χ1v) is 6.04. The molecule has 0 aliphatic carbocycles. The van der Waals surface area contributed by atoms with E-state index in [1.54, 1.807) is 6.07 Å². The van der Waals surface area contributed by atoms with E-state index in [9.17, 15) is 9.18 Å². The van der Waals surface area contributed by atoms with Crippen molar-refractivity contribution in [3.05, 3.63) is 57.8 Å². The standard InChI is InChI=1S/C13H9Cl2FN2O/c14-7-1-4-12(17)9(5-7)13(19)18-8-2-3-11(16)10(15)6-8/h1-6H,17H2,(H,18,19). The number of nitrogen functional groups attached to an aromatic ring is 1. The minimum atomic E-state index is -0.554. The number of nitrogens with one attached hydrogen (secondary N) is 1. The van der Waals surface area contributed by atoms with Crippen molar-refractivity contribution in [2.24, 2.45) is 0 Å². The van der Waals surface area contributed by atoms with Crippen LogP contribution in [-0.4, -0.2) is 5.91 Å². The Morgan fingerprint density at radius 1 is 1.16 bits per heavy atom. The summed E-state index contributed by atoms with van der Waals surface area (Å²) in [5.41, 5.74) is 6.61. The van der Waals surface area contributed by atoms with Crippen LogP contribution in [-0.2, 0) is 0 Å². The van der Waals surface area contributed by atoms with Crippen LogP contribution in [0.5, 0.6) is 0 Å². The Morgan fingerprint density at radius 2 is 1.89 bits per heavy atom. The van der Waals surface area contributed by atoms with Crippen LogP contribution < -0.4 is 11.1 Å². The van der Waals surface area contributed by atoms with Crippen molar-refractivity contribution in [1.29, 1.82) is 0 Å². The Kier molecular flexibility index (Phi) is 3.93. The number of benzene rings is 2. The summed E-state index contributed by atoms with van der Waals surface area (Å²) in [5, 5.41) is 2.89. The minimum absolute atomic E-state index is 0.0723. The van der Waals surface area contributed by atoms with Gasteiger partial charge in [-0.05, 0) is 36.4 Å². The Bertz CT molecular complexity index is 647. The largest absolute Gasteiger partial charge is 0.398 e. The highest BCUT2D eigenvalue weighted by Crippen LogP contribution is 2.22. The SMILES string of the molecule is Nc1ccc(Cl)cc1C(=O)Nc1ccc(F)c(Cl)c1. The zero-order chi connectivity index (χ0) is 14.0. The summed E-state index contributed by atoms with van der Waals surface area (Å²) in [6.45, 7) is 0. The normalized spacial score (nSPS) is 10.3. The van der Waals surface area contributed by atoms with Crippen molar-refractivity contribution >= 4 is 40.5 Å². The van der Waals surface area contributed by atoms with E-state index in [0.29, 0.717) is 16.4 Å². The van der Waals surface area contributed by atoms with Gasteiger partial charge in [-0.15, -0.1) is 0 Å². The van der Waals surface area contributed by atoms with E-state index in [0.717, 1.165) is 0 Å². The number of hydrogen-bond acceptors (Lipinski definition) is 2. The summed E-state index contributed by atoms with van der Waals surface area (Å²) in [6, 6.07) is 8.46. The van der Waals surface area contributed by atoms with Crippen molar-refractivity contribution in [3.63, 3.8) is 0 Å². The van der Waals surface area contributed by atoms with Gasteiger partial charge >= 0.3 is 0 Å². The van der Waals surface area contributed by atoms with Gasteiger partial charge in [0.05, 0.1) is 10.6 Å². The molecule has 0 radical (unpaired) electrons. The van der Waals surface area contributed by atoms with Gasteiger partial charge in [0, 0.05) is 16.4 Å². The maximum Gasteiger partial charge on any atom is 0.257 e. The summed E-state index contributed by atoms with van der Waals surface area (Å²) in [5.74, 6) is -0.996. The van der Waals surface area contributed by atoms with Crippen LogP contribution in [0, 0.1) is 5.82 Å². The van der Waals surface area contributed by atoms with Gasteiger partial charge in [0.1, 0.15) is 5.82 Å². The first kappa shape index (κ1) is 13.6. The third-order valence-electron chi connectivity index (χ3n) is 2.44. The fourth-order valence-corrected chi connectivity index (χ4v) is 1.85. The van der Waals surface area contributed by atoms with Gasteiger partial charge in [-0.25, -0.2) is 4.39 Å². The highest BCUT2D eigenvalue weighted by molar-refractivity contribution is 6.31. The molecular weight excluding hydrogens is 290 g/mol. The molecule has 0 unspecified atom stereocenters. The van der Waals surface area contributed by atoms with Crippen LogP contribution in [0.4, 0.5) is 15.8 Å². The Labute approximate surface area is 119 Å². The highest BCUT2D eigenvalue weighted by Gasteiger charge is 2.11. The van der Waals surface area contributed by atoms with E-state index in [2.05, 4.69) is 5.32 Å². The summed E-state index contributed by atoms with van der Waals surface area (Å²) < 4.78 is 13.0. The number of nitrogens with two attached hydrogens (primary N) is 1. The fraction of sp³-hybridized carbons (Fsp3) is 0. The molecule has 19 heavy (non-hydrogen) atoms. The summed E-state index contributed by atoms with van der Waals surface area (Å²) >= 11 is 11.4. The first-order chi connectivity index (χ1) is 8.97. The number of carbonyl (C=O) groups excluding carboxylic acids is 1. The average Bonchev–Trinajstić information content (AvgIpc) is 2.36. The van der Waals surface area contributed by atoms with Gasteiger partial charge in [0.15, 0.2) is 0 Å². The Hall–Kier alpha value is -1.78. The second kappa shape index (κ2) is 5.47. The van der Waals surface area contributed by atoms with E-state index >= 15 is 0 Å². The molecule has 0 fully saturated rings. The maximum absolute atomic E-state index is 13.0. The zero-order valence-corrected chi connectivity index (χ0v) is 11.1. The second-order valence-corrected chi connectivity index (χ2v) is 4.66. The Morgan fingerprint density at radius 3 is 2.58 bits per heavy atom. The van der Waals surface area contributed by atoms with Gasteiger partial charge in [-0.1, -0.05) is 23.2 Å². The lowest BCUT2D eigenvalue weighted by atomic mass is 10.1. The molecule has 0 aliphatic heterocycles. The molecule has 6 heteroatoms. The second-order valence-electron chi connectivity index (χ2n) is 3.81. The topological polar surface area (TPSA) is 55.1 Å². The van der Waals surface area contributed by atoms with Crippen molar-refractivity contribution < 1.29 is 9.18 Å². The molecule has 0 heterocycles. The van der Waals surface area contributed by atoms with E-state index in [4.69, 9.17) is 28.9 Å². The van der Waals surface area contributed by atoms with E-state index in [-0.39, 0.29) is 10.6 Å². The van der Waals surface area contributed by atoms with Crippen LogP contribution in [0.1, 0.15) is 10.4 Å². The quantitative estimate of drug-likeness (QED) is 0.824. The molecule has 0 aliphatic rings. The third kappa shape index (κ3) is 3.16. The molecule has 2 aromatic rings. The minimum Gasteiger partial charge on any atom is -0.398 e. The van der Waals surface area contributed by atoms with Crippen LogP contribution in [0.15, 0.2) is 36.4 Å². The molecule has 0 atom stereocenters. The molecule has 0 spiro atoms. The van der Waals surface area contributed by atoms with Gasteiger partial charge in [0.25, 0.3) is 5.91 Å². The number of halogens is 3. The molecule has 3 N–H and O–H groups in total. The molecule has 1 amide bonds. The predicted molar refractivity (Wildman–Crippen MR) is 75.2 cm³/mol. The molecular formula is C13H9Cl2FN2O. The van der Waals surface area contributed by atoms with Gasteiger partial charge < -0.3 is 11.1 Å². The van der Waals surface area contributed by atoms with Crippen LogP contribution in [0.3, 0.4) is 0 Å². The third-order valence-corrected chi connectivity index (χ3v) is 2.96. The van der Waals surface area contributed by atoms with Crippen LogP contribution in [0.25, 0.3) is 0 Å². The summed E-state index contributed by atoms with van der Waals surface area (Å²) in [4.78, 5) is 12.0. The molecule has 0 aromatic heterocycles. The van der Waals surface area contributed by atoms with Gasteiger partial charge in [-0.2, -0.15) is 0 Å². The number of amides is 1. The van der Waals surface area contributed by atoms with Crippen molar-refractivity contribution in [3.8, 4) is 0 Å². The fourth-order valence-electron chi connectivity index (χ4n) is 1.50. The van der Waals surface area contributed by atoms with Gasteiger partial charge in [0.2, 0.25) is 0 Å². The van der Waals surface area contributed by atoms with Crippen LogP contribution in [0.2, 0.25) is 10.0 Å². The smallest absolute Gasteiger partial charge is 0.257 e. The first-order valence-electron chi connectivity index (χ1n) is 5.29. The van der Waals surface area contributed by atoms with Gasteiger partial charge in [-0.3, -0.25) is 4.79 Å². The number of hydrogen-bond donors (Lipinski definition) is 2. The van der Waals surface area contributed by atoms with Crippen LogP contribution >= 0.6 is 23.2 Å². The lowest BCUT2D eigenvalue weighted by molar-refractivity contribution is 0.102. The molecule has 2 rings (SSSR count). The molecule has 98 valence electrons. The summed E-state index contributed by atoms with van der Waals surface area (Å²) in [7, 11) is 0. The highest BCUT2D eigenvalue weighted by atomic mass is 35.5. The molecule has 0 saturated carbocycles. The van der Waals surface area contributed by atoms with Crippen molar-refractivity contribution in [2.45, 2.75) is 0 Å². The average molecular weight is 299 g/mol. The van der Waals surface area contributed by atoms with Crippen molar-refractivity contribution in [1.82, 2.24) is 0 Å².